The van der Waals surface area contributed by atoms with E-state index in [-0.39, 0.29) is 47.5 Å². The molecule has 1 saturated heterocycles. The van der Waals surface area contributed by atoms with E-state index in [9.17, 15) is 22.4 Å². The van der Waals surface area contributed by atoms with Gasteiger partial charge in [0.25, 0.3) is 0 Å². The molecule has 2 aromatic carbocycles. The average molecular weight is 590 g/mol. The van der Waals surface area contributed by atoms with Crippen molar-refractivity contribution in [2.24, 2.45) is 13.0 Å². The van der Waals surface area contributed by atoms with Crippen LogP contribution >= 0.6 is 11.6 Å². The van der Waals surface area contributed by atoms with Gasteiger partial charge in [0.05, 0.1) is 27.9 Å². The molecule has 1 unspecified atom stereocenters. The first kappa shape index (κ1) is 28.6. The molecule has 5 rings (SSSR count). The van der Waals surface area contributed by atoms with E-state index in [1.54, 1.807) is 35.9 Å². The van der Waals surface area contributed by atoms with Crippen LogP contribution in [0.25, 0.3) is 10.9 Å². The Balaban J connectivity index is 1.23. The van der Waals surface area contributed by atoms with Crippen LogP contribution in [-0.4, -0.2) is 47.5 Å². The van der Waals surface area contributed by atoms with Crippen molar-refractivity contribution in [3.8, 4) is 0 Å². The lowest BCUT2D eigenvalue weighted by atomic mass is 9.85. The zero-order valence-corrected chi connectivity index (χ0v) is 23.8. The Morgan fingerprint density at radius 3 is 2.45 bits per heavy atom. The van der Waals surface area contributed by atoms with Gasteiger partial charge in [-0.25, -0.2) is 17.5 Å². The minimum atomic E-state index is -3.83. The highest BCUT2D eigenvalue weighted by Gasteiger charge is 2.36. The van der Waals surface area contributed by atoms with E-state index in [0.29, 0.717) is 53.8 Å². The maximum atomic E-state index is 13.4. The maximum absolute atomic E-state index is 13.4. The minimum Gasteiger partial charge on any atom is -0.481 e. The fourth-order valence-electron chi connectivity index (χ4n) is 6.13. The number of nitrogens with one attached hydrogen (secondary N) is 1. The number of likely N-dealkylation sites (tertiary alicyclic amines) is 1. The number of carboxylic acids is 1. The molecular weight excluding hydrogens is 557 g/mol. The number of aryl methyl sites for hydroxylation is 1. The smallest absolute Gasteiger partial charge is 0.303 e. The lowest BCUT2D eigenvalue weighted by Gasteiger charge is -2.33. The van der Waals surface area contributed by atoms with Crippen LogP contribution in [0.3, 0.4) is 0 Å². The van der Waals surface area contributed by atoms with Crippen molar-refractivity contribution in [1.82, 2.24) is 14.2 Å². The summed E-state index contributed by atoms with van der Waals surface area (Å²) in [5.41, 5.74) is 2.20. The van der Waals surface area contributed by atoms with Crippen LogP contribution in [0, 0.1) is 11.7 Å². The van der Waals surface area contributed by atoms with Crippen LogP contribution in [0.1, 0.15) is 62.2 Å². The standard InChI is InChI=1S/C29H33ClFN3O5S/c1-33-25(14-15-27(35)36)28(30)23-13-12-22(17-26(23)33)40(38,39)32-21-10-6-19(7-11-21)29(37)34-16-2-3-24(34)18-4-8-20(31)9-5-18/h4-5,8-9,12-13,17,19,21,24,32H,2-3,6-7,10-11,14-16H2,1H3,(H,35,36). The van der Waals surface area contributed by atoms with Gasteiger partial charge in [-0.1, -0.05) is 23.7 Å². The average Bonchev–Trinajstić information content (AvgIpc) is 3.51. The number of aromatic nitrogens is 1. The summed E-state index contributed by atoms with van der Waals surface area (Å²) in [6.45, 7) is 0.678. The van der Waals surface area contributed by atoms with Gasteiger partial charge in [0, 0.05) is 36.6 Å². The number of sulfonamides is 1. The second kappa shape index (κ2) is 11.5. The molecular formula is C29H33ClFN3O5S. The summed E-state index contributed by atoms with van der Waals surface area (Å²) in [6, 6.07) is 10.7. The number of hydrogen-bond acceptors (Lipinski definition) is 4. The fourth-order valence-corrected chi connectivity index (χ4v) is 7.84. The Hall–Kier alpha value is -2.95. The van der Waals surface area contributed by atoms with Gasteiger partial charge >= 0.3 is 5.97 Å². The molecule has 1 saturated carbocycles. The van der Waals surface area contributed by atoms with Crippen LogP contribution in [0.15, 0.2) is 47.4 Å². The predicted molar refractivity (Wildman–Crippen MR) is 150 cm³/mol. The highest BCUT2D eigenvalue weighted by molar-refractivity contribution is 7.89. The lowest BCUT2D eigenvalue weighted by Crippen LogP contribution is -2.42. The molecule has 8 nitrogen and oxygen atoms in total. The summed E-state index contributed by atoms with van der Waals surface area (Å²) in [4.78, 5) is 26.4. The molecule has 40 heavy (non-hydrogen) atoms. The number of carboxylic acid groups (broad SMARTS) is 1. The summed E-state index contributed by atoms with van der Waals surface area (Å²) in [6.07, 6.45) is 4.22. The molecule has 3 aromatic rings. The fraction of sp³-hybridized carbons (Fsp3) is 0.448. The summed E-state index contributed by atoms with van der Waals surface area (Å²) in [5, 5.41) is 10.1. The van der Waals surface area contributed by atoms with Gasteiger partial charge in [0.2, 0.25) is 15.9 Å². The third-order valence-corrected chi connectivity index (χ3v) is 10.2. The minimum absolute atomic E-state index is 0.0464. The van der Waals surface area contributed by atoms with Crippen molar-refractivity contribution >= 4 is 44.4 Å². The number of hydrogen-bond donors (Lipinski definition) is 2. The topological polar surface area (TPSA) is 109 Å². The van der Waals surface area contributed by atoms with Gasteiger partial charge in [0.15, 0.2) is 0 Å². The van der Waals surface area contributed by atoms with Gasteiger partial charge < -0.3 is 14.6 Å². The summed E-state index contributed by atoms with van der Waals surface area (Å²) >= 11 is 6.48. The SMILES string of the molecule is Cn1c(CCC(=O)O)c(Cl)c2ccc(S(=O)(=O)NC3CCC(C(=O)N4CCCC4c4ccc(F)cc4)CC3)cc21. The van der Waals surface area contributed by atoms with Gasteiger partial charge in [-0.05, 0) is 80.8 Å². The Bertz CT molecular complexity index is 1530. The molecule has 1 aliphatic carbocycles. The van der Waals surface area contributed by atoms with E-state index >= 15 is 0 Å². The largest absolute Gasteiger partial charge is 0.481 e. The normalized spacial score (nSPS) is 21.7. The highest BCUT2D eigenvalue weighted by atomic mass is 35.5. The van der Waals surface area contributed by atoms with Gasteiger partial charge in [-0.2, -0.15) is 0 Å². The van der Waals surface area contributed by atoms with Crippen molar-refractivity contribution in [3.05, 3.63) is 64.6 Å². The third kappa shape index (κ3) is 5.75. The van der Waals surface area contributed by atoms with Crippen molar-refractivity contribution in [1.29, 1.82) is 0 Å². The van der Waals surface area contributed by atoms with Crippen LogP contribution in [0.2, 0.25) is 5.02 Å². The number of halogens is 2. The van der Waals surface area contributed by atoms with E-state index in [4.69, 9.17) is 16.7 Å². The van der Waals surface area contributed by atoms with Crippen LogP contribution in [0.5, 0.6) is 0 Å². The number of fused-ring (bicyclic) bond motifs is 1. The van der Waals surface area contributed by atoms with Crippen LogP contribution in [-0.2, 0) is 33.1 Å². The first-order valence-electron chi connectivity index (χ1n) is 13.6. The van der Waals surface area contributed by atoms with E-state index in [2.05, 4.69) is 4.72 Å². The Morgan fingerprint density at radius 1 is 1.07 bits per heavy atom. The second-order valence-electron chi connectivity index (χ2n) is 10.8. The van der Waals surface area contributed by atoms with E-state index < -0.39 is 16.0 Å². The molecule has 1 aromatic heterocycles. The molecule has 0 radical (unpaired) electrons. The molecule has 214 valence electrons. The van der Waals surface area contributed by atoms with Gasteiger partial charge in [0.1, 0.15) is 5.82 Å². The quantitative estimate of drug-likeness (QED) is 0.376. The molecule has 11 heteroatoms. The molecule has 0 bridgehead atoms. The number of aliphatic carboxylic acids is 1. The lowest BCUT2D eigenvalue weighted by molar-refractivity contribution is -0.138. The van der Waals surface area contributed by atoms with Gasteiger partial charge in [-0.15, -0.1) is 0 Å². The van der Waals surface area contributed by atoms with E-state index in [1.807, 2.05) is 4.90 Å². The van der Waals surface area contributed by atoms with Crippen molar-refractivity contribution < 1.29 is 27.5 Å². The Morgan fingerprint density at radius 2 is 1.77 bits per heavy atom. The number of amides is 1. The zero-order valence-electron chi connectivity index (χ0n) is 22.3. The van der Waals surface area contributed by atoms with Crippen LogP contribution < -0.4 is 4.72 Å². The first-order valence-corrected chi connectivity index (χ1v) is 15.5. The molecule has 2 fully saturated rings. The number of rotatable bonds is 8. The van der Waals surface area contributed by atoms with Crippen molar-refractivity contribution in [2.45, 2.75) is 68.3 Å². The molecule has 1 aliphatic heterocycles. The maximum Gasteiger partial charge on any atom is 0.303 e. The van der Waals surface area contributed by atoms with Crippen LogP contribution in [0.4, 0.5) is 4.39 Å². The molecule has 2 aliphatic rings. The monoisotopic (exact) mass is 589 g/mol. The number of benzene rings is 2. The van der Waals surface area contributed by atoms with Gasteiger partial charge in [-0.3, -0.25) is 9.59 Å². The molecule has 2 heterocycles. The molecule has 1 atom stereocenters. The highest BCUT2D eigenvalue weighted by Crippen LogP contribution is 2.37. The molecule has 1 amide bonds. The van der Waals surface area contributed by atoms with Crippen molar-refractivity contribution in [3.63, 3.8) is 0 Å². The zero-order chi connectivity index (χ0) is 28.6. The third-order valence-electron chi connectivity index (χ3n) is 8.30. The molecule has 0 spiro atoms. The number of nitrogens with zero attached hydrogens (tertiary/aromatic N) is 2. The van der Waals surface area contributed by atoms with E-state index in [0.717, 1.165) is 18.4 Å². The Kier molecular flexibility index (Phi) is 8.22. The molecule has 2 N–H and O–H groups in total. The predicted octanol–water partition coefficient (Wildman–Crippen LogP) is 5.19. The summed E-state index contributed by atoms with van der Waals surface area (Å²) < 4.78 is 44.5. The Labute approximate surface area is 238 Å². The number of carbonyl (C=O) groups is 2. The van der Waals surface area contributed by atoms with E-state index in [1.165, 1.54) is 18.2 Å². The summed E-state index contributed by atoms with van der Waals surface area (Å²) in [5.74, 6) is -1.29. The first-order chi connectivity index (χ1) is 19.0. The second-order valence-corrected chi connectivity index (χ2v) is 12.9. The summed E-state index contributed by atoms with van der Waals surface area (Å²) in [7, 11) is -2.08. The number of carbonyl (C=O) groups excluding carboxylic acids is 1. The van der Waals surface area contributed by atoms with Crippen molar-refractivity contribution in [2.75, 3.05) is 6.54 Å².